The number of benzene rings is 8. The van der Waals surface area contributed by atoms with Gasteiger partial charge in [0.25, 0.3) is 0 Å². The minimum Gasteiger partial charge on any atom is -0.309 e. The number of hydrogen-bond donors (Lipinski definition) is 0. The lowest BCUT2D eigenvalue weighted by Gasteiger charge is -2.28. The second kappa shape index (κ2) is 9.84. The first-order valence-electron chi connectivity index (χ1n) is 17.8. The smallest absolute Gasteiger partial charge is 0.182 e. The molecule has 8 aromatic carbocycles. The van der Waals surface area contributed by atoms with Crippen LogP contribution < -0.4 is 20.7 Å². The van der Waals surface area contributed by atoms with Gasteiger partial charge in [0.1, 0.15) is 0 Å². The first-order chi connectivity index (χ1) is 25.3. The molecule has 3 heteroatoms. The highest BCUT2D eigenvalue weighted by Crippen LogP contribution is 2.40. The zero-order valence-corrected chi connectivity index (χ0v) is 28.7. The van der Waals surface area contributed by atoms with Gasteiger partial charge in [0, 0.05) is 32.9 Å². The number of aromatic nitrogens is 2. The van der Waals surface area contributed by atoms with Gasteiger partial charge in [-0.25, -0.2) is 0 Å². The van der Waals surface area contributed by atoms with Crippen LogP contribution in [0.2, 0.25) is 0 Å². The molecule has 1 spiro atoms. The third-order valence-corrected chi connectivity index (χ3v) is 16.7. The average molecular weight is 663 g/mol. The zero-order valence-electron chi connectivity index (χ0n) is 27.7. The van der Waals surface area contributed by atoms with Gasteiger partial charge < -0.3 is 9.13 Å². The predicted molar refractivity (Wildman–Crippen MR) is 217 cm³/mol. The summed E-state index contributed by atoms with van der Waals surface area (Å²) in [5.74, 6) is 0. The molecule has 0 saturated carbocycles. The Morgan fingerprint density at radius 2 is 0.588 bits per heavy atom. The van der Waals surface area contributed by atoms with Crippen molar-refractivity contribution < 1.29 is 0 Å². The van der Waals surface area contributed by atoms with E-state index in [2.05, 4.69) is 191 Å². The highest BCUT2D eigenvalue weighted by atomic mass is 28.3. The summed E-state index contributed by atoms with van der Waals surface area (Å²) in [7, 11) is -2.60. The number of fused-ring (bicyclic) bond motifs is 16. The Labute approximate surface area is 296 Å². The second-order valence-electron chi connectivity index (χ2n) is 14.0. The summed E-state index contributed by atoms with van der Waals surface area (Å²) in [6, 6.07) is 68.4. The van der Waals surface area contributed by atoms with Gasteiger partial charge in [0.05, 0.1) is 22.1 Å². The van der Waals surface area contributed by atoms with Gasteiger partial charge in [-0.15, -0.1) is 0 Å². The number of para-hydroxylation sites is 4. The van der Waals surface area contributed by atoms with Gasteiger partial charge in [-0.2, -0.15) is 0 Å². The lowest BCUT2D eigenvalue weighted by molar-refractivity contribution is 1.18. The molecule has 2 aliphatic rings. The highest BCUT2D eigenvalue weighted by molar-refractivity contribution is 7.24. The average Bonchev–Trinajstić information content (AvgIpc) is 3.90. The molecule has 2 aliphatic heterocycles. The van der Waals surface area contributed by atoms with Gasteiger partial charge in [0.15, 0.2) is 8.07 Å². The number of rotatable bonds is 2. The molecule has 51 heavy (non-hydrogen) atoms. The van der Waals surface area contributed by atoms with Gasteiger partial charge >= 0.3 is 0 Å². The van der Waals surface area contributed by atoms with E-state index in [9.17, 15) is 0 Å². The summed E-state index contributed by atoms with van der Waals surface area (Å²) in [5, 5.41) is 11.1. The summed E-state index contributed by atoms with van der Waals surface area (Å²) in [4.78, 5) is 0. The minimum atomic E-state index is -2.60. The van der Waals surface area contributed by atoms with Crippen LogP contribution in [0.3, 0.4) is 0 Å². The second-order valence-corrected chi connectivity index (χ2v) is 17.7. The van der Waals surface area contributed by atoms with Crippen LogP contribution in [-0.2, 0) is 0 Å². The van der Waals surface area contributed by atoms with Crippen molar-refractivity contribution in [2.75, 3.05) is 0 Å². The van der Waals surface area contributed by atoms with Crippen molar-refractivity contribution in [2.45, 2.75) is 0 Å². The van der Waals surface area contributed by atoms with Crippen molar-refractivity contribution in [3.8, 4) is 33.6 Å². The fourth-order valence-corrected chi connectivity index (χ4v) is 15.4. The fraction of sp³-hybridized carbons (Fsp3) is 0. The van der Waals surface area contributed by atoms with Crippen molar-refractivity contribution in [3.05, 3.63) is 182 Å². The van der Waals surface area contributed by atoms with Crippen LogP contribution in [0.5, 0.6) is 0 Å². The van der Waals surface area contributed by atoms with Crippen LogP contribution in [0.25, 0.3) is 77.2 Å². The lowest BCUT2D eigenvalue weighted by atomic mass is 10.1. The standard InChI is InChI=1S/C48H30N2Si/c1-7-19-41-33(13-1)34-14-2-8-20-42(34)49(41)31-25-27-47-39(29-31)37-17-5-11-23-45(37)51(47)46-24-12-6-18-38(46)40-30-32(26-28-48(40)51)50-43-21-9-3-15-35(43)36-16-4-10-22-44(36)50/h1-30H. The van der Waals surface area contributed by atoms with E-state index in [4.69, 9.17) is 0 Å². The molecule has 0 N–H and O–H groups in total. The zero-order chi connectivity index (χ0) is 33.3. The Bertz CT molecular complexity index is 2790. The summed E-state index contributed by atoms with van der Waals surface area (Å²) >= 11 is 0. The molecule has 0 radical (unpaired) electrons. The maximum atomic E-state index is 2.48. The molecule has 0 bridgehead atoms. The predicted octanol–water partition coefficient (Wildman–Crippen LogP) is 9.22. The Balaban J connectivity index is 1.13. The molecule has 0 saturated heterocycles. The summed E-state index contributed by atoms with van der Waals surface area (Å²) in [5.41, 5.74) is 12.9. The molecule has 236 valence electrons. The molecule has 0 aliphatic carbocycles. The van der Waals surface area contributed by atoms with Crippen molar-refractivity contribution in [3.63, 3.8) is 0 Å². The first-order valence-corrected chi connectivity index (χ1v) is 19.8. The van der Waals surface area contributed by atoms with Crippen molar-refractivity contribution in [2.24, 2.45) is 0 Å². The Hall–Kier alpha value is -6.42. The maximum Gasteiger partial charge on any atom is 0.182 e. The van der Waals surface area contributed by atoms with Gasteiger partial charge in [-0.05, 0) is 91.5 Å². The molecule has 2 nitrogen and oxygen atoms in total. The van der Waals surface area contributed by atoms with Crippen LogP contribution in [0.4, 0.5) is 0 Å². The lowest BCUT2D eigenvalue weighted by Crippen LogP contribution is -2.70. The van der Waals surface area contributed by atoms with E-state index >= 15 is 0 Å². The van der Waals surface area contributed by atoms with E-state index in [1.165, 1.54) is 98.0 Å². The minimum absolute atomic E-state index is 1.21. The Morgan fingerprint density at radius 1 is 0.275 bits per heavy atom. The van der Waals surface area contributed by atoms with E-state index in [1.807, 2.05) is 0 Å². The van der Waals surface area contributed by atoms with Crippen molar-refractivity contribution >= 4 is 72.4 Å². The van der Waals surface area contributed by atoms with Gasteiger partial charge in [0.2, 0.25) is 0 Å². The Morgan fingerprint density at radius 3 is 0.980 bits per heavy atom. The maximum absolute atomic E-state index is 2.60. The van der Waals surface area contributed by atoms with Crippen LogP contribution in [0.15, 0.2) is 182 Å². The summed E-state index contributed by atoms with van der Waals surface area (Å²) in [6.45, 7) is 0. The van der Waals surface area contributed by atoms with Gasteiger partial charge in [-0.1, -0.05) is 133 Å². The van der Waals surface area contributed by atoms with Crippen LogP contribution >= 0.6 is 0 Å². The molecular formula is C48H30N2Si. The molecule has 0 unspecified atom stereocenters. The first kappa shape index (κ1) is 27.4. The Kier molecular flexibility index (Phi) is 5.29. The SMILES string of the molecule is c1ccc2c(c1)-c1cc(-n3c4ccccc4c4ccccc43)ccc1[Si]21c2ccccc2-c2cc(-n3c4ccccc4c4ccccc43)ccc21. The monoisotopic (exact) mass is 662 g/mol. The number of hydrogen-bond acceptors (Lipinski definition) is 0. The third kappa shape index (κ3) is 3.37. The molecule has 0 atom stereocenters. The molecule has 10 aromatic rings. The topological polar surface area (TPSA) is 9.86 Å². The van der Waals surface area contributed by atoms with Crippen LogP contribution in [0, 0.1) is 0 Å². The van der Waals surface area contributed by atoms with E-state index in [0.717, 1.165) is 0 Å². The number of nitrogens with zero attached hydrogens (tertiary/aromatic N) is 2. The summed E-state index contributed by atoms with van der Waals surface area (Å²) in [6.07, 6.45) is 0. The summed E-state index contributed by atoms with van der Waals surface area (Å²) < 4.78 is 4.91. The van der Waals surface area contributed by atoms with E-state index in [1.54, 1.807) is 0 Å². The molecule has 0 fully saturated rings. The molecule has 4 heterocycles. The normalized spacial score (nSPS) is 13.6. The van der Waals surface area contributed by atoms with E-state index in [0.29, 0.717) is 0 Å². The van der Waals surface area contributed by atoms with Gasteiger partial charge in [-0.3, -0.25) is 0 Å². The van der Waals surface area contributed by atoms with Crippen molar-refractivity contribution in [1.29, 1.82) is 0 Å². The molecule has 0 amide bonds. The largest absolute Gasteiger partial charge is 0.309 e. The van der Waals surface area contributed by atoms with Crippen molar-refractivity contribution in [1.82, 2.24) is 9.13 Å². The molecule has 2 aromatic heterocycles. The van der Waals surface area contributed by atoms with Crippen LogP contribution in [-0.4, -0.2) is 17.2 Å². The quantitative estimate of drug-likeness (QED) is 0.163. The molecule has 12 rings (SSSR count). The highest BCUT2D eigenvalue weighted by Gasteiger charge is 2.54. The third-order valence-electron chi connectivity index (χ3n) is 11.7. The van der Waals surface area contributed by atoms with E-state index < -0.39 is 8.07 Å². The van der Waals surface area contributed by atoms with Crippen LogP contribution in [0.1, 0.15) is 0 Å². The fourth-order valence-electron chi connectivity index (χ4n) is 9.80. The van der Waals surface area contributed by atoms with E-state index in [-0.39, 0.29) is 0 Å². The molecular weight excluding hydrogens is 633 g/mol.